The van der Waals surface area contributed by atoms with Crippen LogP contribution >= 0.6 is 0 Å². The van der Waals surface area contributed by atoms with Gasteiger partial charge in [-0.25, -0.2) is 0 Å². The van der Waals surface area contributed by atoms with Gasteiger partial charge in [-0.2, -0.15) is 0 Å². The minimum Gasteiger partial charge on any atom is -0.370 e. The molecule has 1 rings (SSSR count). The lowest BCUT2D eigenvalue weighted by Gasteiger charge is -2.37. The van der Waals surface area contributed by atoms with Gasteiger partial charge in [-0.1, -0.05) is 6.92 Å². The summed E-state index contributed by atoms with van der Waals surface area (Å²) in [5.74, 6) is 0.0854. The average molecular weight is 243 g/mol. The van der Waals surface area contributed by atoms with E-state index in [1.165, 1.54) is 0 Å². The van der Waals surface area contributed by atoms with Crippen LogP contribution < -0.4 is 5.73 Å². The number of rotatable bonds is 6. The molecule has 0 radical (unpaired) electrons. The minimum atomic E-state index is 0.0854. The predicted octanol–water partition coefficient (Wildman–Crippen LogP) is -0.0956. The lowest BCUT2D eigenvalue weighted by molar-refractivity contribution is -0.138. The average Bonchev–Trinajstić information content (AvgIpc) is 2.38. The van der Waals surface area contributed by atoms with Crippen LogP contribution in [-0.4, -0.2) is 67.7 Å². The minimum absolute atomic E-state index is 0.0854. The summed E-state index contributed by atoms with van der Waals surface area (Å²) in [7, 11) is 0. The zero-order valence-corrected chi connectivity index (χ0v) is 11.0. The molecular weight excluding hydrogens is 218 g/mol. The van der Waals surface area contributed by atoms with Crippen molar-refractivity contribution in [3.63, 3.8) is 0 Å². The first-order valence-electron chi connectivity index (χ1n) is 6.48. The second-order valence-electron chi connectivity index (χ2n) is 4.52. The Morgan fingerprint density at radius 3 is 2.53 bits per heavy atom. The third-order valence-corrected chi connectivity index (χ3v) is 3.37. The van der Waals surface area contributed by atoms with Crippen molar-refractivity contribution in [3.05, 3.63) is 0 Å². The van der Waals surface area contributed by atoms with Crippen LogP contribution in [0.25, 0.3) is 0 Å². The number of nitrogens with zero attached hydrogens (tertiary/aromatic N) is 2. The third-order valence-electron chi connectivity index (χ3n) is 3.37. The molecule has 1 unspecified atom stereocenters. The number of nitrogens with two attached hydrogens (primary N) is 1. The van der Waals surface area contributed by atoms with Gasteiger partial charge >= 0.3 is 0 Å². The first kappa shape index (κ1) is 14.4. The zero-order valence-electron chi connectivity index (χ0n) is 11.0. The number of piperazine rings is 1. The van der Waals surface area contributed by atoms with E-state index in [1.54, 1.807) is 0 Å². The third kappa shape index (κ3) is 4.61. The summed E-state index contributed by atoms with van der Waals surface area (Å²) < 4.78 is 5.16. The fourth-order valence-electron chi connectivity index (χ4n) is 2.00. The highest BCUT2D eigenvalue weighted by molar-refractivity contribution is 5.77. The molecule has 1 fully saturated rings. The number of hydrogen-bond donors (Lipinski definition) is 1. The molecule has 0 aromatic carbocycles. The molecule has 0 spiro atoms. The topological polar surface area (TPSA) is 58.8 Å². The van der Waals surface area contributed by atoms with Crippen LogP contribution in [0.4, 0.5) is 0 Å². The van der Waals surface area contributed by atoms with Gasteiger partial charge in [-0.3, -0.25) is 9.69 Å². The Hall–Kier alpha value is -0.650. The van der Waals surface area contributed by atoms with Crippen LogP contribution in [0.5, 0.6) is 0 Å². The first-order valence-corrected chi connectivity index (χ1v) is 6.48. The highest BCUT2D eigenvalue weighted by atomic mass is 16.5. The van der Waals surface area contributed by atoms with Crippen molar-refractivity contribution in [2.75, 3.05) is 45.9 Å². The van der Waals surface area contributed by atoms with E-state index in [-0.39, 0.29) is 12.5 Å². The summed E-state index contributed by atoms with van der Waals surface area (Å²) in [5, 5.41) is 0. The van der Waals surface area contributed by atoms with Crippen LogP contribution in [0.15, 0.2) is 0 Å². The van der Waals surface area contributed by atoms with Gasteiger partial charge in [0, 0.05) is 38.8 Å². The molecule has 0 aromatic heterocycles. The Balaban J connectivity index is 2.24. The summed E-state index contributed by atoms with van der Waals surface area (Å²) in [4.78, 5) is 16.1. The molecule has 2 N–H and O–H groups in total. The monoisotopic (exact) mass is 243 g/mol. The fourth-order valence-corrected chi connectivity index (χ4v) is 2.00. The van der Waals surface area contributed by atoms with Crippen molar-refractivity contribution >= 4 is 5.91 Å². The number of amides is 1. The van der Waals surface area contributed by atoms with Crippen LogP contribution in [-0.2, 0) is 9.53 Å². The molecule has 1 aliphatic rings. The van der Waals surface area contributed by atoms with E-state index in [9.17, 15) is 4.79 Å². The predicted molar refractivity (Wildman–Crippen MR) is 67.8 cm³/mol. The van der Waals surface area contributed by atoms with E-state index in [0.717, 1.165) is 32.6 Å². The number of hydrogen-bond acceptors (Lipinski definition) is 4. The maximum Gasteiger partial charge on any atom is 0.248 e. The molecule has 1 saturated heterocycles. The molecule has 1 aliphatic heterocycles. The van der Waals surface area contributed by atoms with Crippen molar-refractivity contribution in [2.45, 2.75) is 26.3 Å². The molecule has 1 amide bonds. The first-order chi connectivity index (χ1) is 8.19. The van der Waals surface area contributed by atoms with Gasteiger partial charge in [0.25, 0.3) is 0 Å². The maximum atomic E-state index is 11.8. The van der Waals surface area contributed by atoms with Gasteiger partial charge < -0.3 is 15.4 Å². The molecule has 0 aromatic rings. The number of carbonyl (C=O) groups excluding carboxylic acids is 1. The Kier molecular flexibility index (Phi) is 6.47. The van der Waals surface area contributed by atoms with E-state index in [1.807, 2.05) is 4.90 Å². The van der Waals surface area contributed by atoms with E-state index in [0.29, 0.717) is 19.2 Å². The smallest absolute Gasteiger partial charge is 0.248 e. The number of ether oxygens (including phenoxy) is 1. The fraction of sp³-hybridized carbons (Fsp3) is 0.917. The van der Waals surface area contributed by atoms with Crippen molar-refractivity contribution in [1.29, 1.82) is 0 Å². The van der Waals surface area contributed by atoms with Crippen LogP contribution in [0.3, 0.4) is 0 Å². The van der Waals surface area contributed by atoms with E-state index < -0.39 is 0 Å². The molecule has 0 saturated carbocycles. The van der Waals surface area contributed by atoms with Crippen molar-refractivity contribution in [3.8, 4) is 0 Å². The Morgan fingerprint density at radius 1 is 1.35 bits per heavy atom. The lowest BCUT2D eigenvalue weighted by Crippen LogP contribution is -2.52. The Morgan fingerprint density at radius 2 is 2.00 bits per heavy atom. The SMILES string of the molecule is CCC(C)N1CCN(C(=O)COCCN)CC1. The maximum absolute atomic E-state index is 11.8. The molecule has 1 atom stereocenters. The summed E-state index contributed by atoms with van der Waals surface area (Å²) in [6.07, 6.45) is 1.16. The van der Waals surface area contributed by atoms with E-state index in [4.69, 9.17) is 10.5 Å². The largest absolute Gasteiger partial charge is 0.370 e. The van der Waals surface area contributed by atoms with E-state index >= 15 is 0 Å². The van der Waals surface area contributed by atoms with Gasteiger partial charge in [0.05, 0.1) is 6.61 Å². The van der Waals surface area contributed by atoms with Crippen molar-refractivity contribution in [1.82, 2.24) is 9.80 Å². The standard InChI is InChI=1S/C12H25N3O2/c1-3-11(2)14-5-7-15(8-6-14)12(16)10-17-9-4-13/h11H,3-10,13H2,1-2H3. The summed E-state index contributed by atoms with van der Waals surface area (Å²) in [6, 6.07) is 0.612. The number of carbonyl (C=O) groups is 1. The molecular formula is C12H25N3O2. The Bertz CT molecular complexity index is 228. The summed E-state index contributed by atoms with van der Waals surface area (Å²) >= 11 is 0. The summed E-state index contributed by atoms with van der Waals surface area (Å²) in [6.45, 7) is 9.10. The molecule has 0 bridgehead atoms. The van der Waals surface area contributed by atoms with Gasteiger partial charge in [-0.15, -0.1) is 0 Å². The van der Waals surface area contributed by atoms with Crippen molar-refractivity contribution in [2.24, 2.45) is 5.73 Å². The van der Waals surface area contributed by atoms with Gasteiger partial charge in [0.2, 0.25) is 5.91 Å². The molecule has 1 heterocycles. The second-order valence-corrected chi connectivity index (χ2v) is 4.52. The zero-order chi connectivity index (χ0) is 12.7. The van der Waals surface area contributed by atoms with Gasteiger partial charge in [0.1, 0.15) is 6.61 Å². The van der Waals surface area contributed by atoms with Crippen LogP contribution in [0.1, 0.15) is 20.3 Å². The van der Waals surface area contributed by atoms with Crippen molar-refractivity contribution < 1.29 is 9.53 Å². The quantitative estimate of drug-likeness (QED) is 0.662. The second kappa shape index (κ2) is 7.63. The van der Waals surface area contributed by atoms with Gasteiger partial charge in [-0.05, 0) is 13.3 Å². The molecule has 17 heavy (non-hydrogen) atoms. The molecule has 100 valence electrons. The van der Waals surface area contributed by atoms with Crippen LogP contribution in [0, 0.1) is 0 Å². The highest BCUT2D eigenvalue weighted by Gasteiger charge is 2.22. The van der Waals surface area contributed by atoms with Crippen LogP contribution in [0.2, 0.25) is 0 Å². The van der Waals surface area contributed by atoms with Gasteiger partial charge in [0.15, 0.2) is 0 Å². The molecule has 5 nitrogen and oxygen atoms in total. The Labute approximate surface area is 104 Å². The normalized spacial score (nSPS) is 19.4. The van der Waals surface area contributed by atoms with E-state index in [2.05, 4.69) is 18.7 Å². The molecule has 0 aliphatic carbocycles. The highest BCUT2D eigenvalue weighted by Crippen LogP contribution is 2.08. The lowest BCUT2D eigenvalue weighted by atomic mass is 10.2. The summed E-state index contributed by atoms with van der Waals surface area (Å²) in [5.41, 5.74) is 5.30. The molecule has 5 heteroatoms.